The number of fused-ring (bicyclic) bond motifs is 3. The molecule has 0 saturated heterocycles. The third-order valence-corrected chi connectivity index (χ3v) is 6.71. The molecular formula is C32H13F5N4. The lowest BCUT2D eigenvalue weighted by Gasteiger charge is -2.13. The second kappa shape index (κ2) is 9.76. The lowest BCUT2D eigenvalue weighted by molar-refractivity contribution is -0.137. The summed E-state index contributed by atoms with van der Waals surface area (Å²) in [5.74, 6) is -1.67. The van der Waals surface area contributed by atoms with Crippen LogP contribution in [0.3, 0.4) is 0 Å². The van der Waals surface area contributed by atoms with Crippen molar-refractivity contribution in [2.24, 2.45) is 0 Å². The van der Waals surface area contributed by atoms with Crippen molar-refractivity contribution in [2.45, 2.75) is 13.1 Å². The van der Waals surface area contributed by atoms with Crippen LogP contribution in [0, 0.1) is 54.4 Å². The second-order valence-corrected chi connectivity index (χ2v) is 9.27. The summed E-state index contributed by atoms with van der Waals surface area (Å²) in [7, 11) is 0. The van der Waals surface area contributed by atoms with Gasteiger partial charge in [-0.05, 0) is 100.0 Å². The summed E-state index contributed by atoms with van der Waals surface area (Å²) in [6.07, 6.45) is -4.84. The van der Waals surface area contributed by atoms with Gasteiger partial charge in [-0.15, -0.1) is 0 Å². The van der Waals surface area contributed by atoms with Gasteiger partial charge in [0, 0.05) is 11.1 Å². The normalized spacial score (nSPS) is 12.8. The van der Waals surface area contributed by atoms with Crippen molar-refractivity contribution in [3.8, 4) is 45.5 Å². The zero-order valence-electron chi connectivity index (χ0n) is 21.0. The number of rotatable bonds is 2. The Hall–Kier alpha value is -5.77. The largest absolute Gasteiger partial charge is 0.416 e. The minimum Gasteiger partial charge on any atom is -0.237 e. The van der Waals surface area contributed by atoms with Gasteiger partial charge in [-0.25, -0.2) is 23.7 Å². The lowest BCUT2D eigenvalue weighted by Crippen LogP contribution is -2.06. The predicted molar refractivity (Wildman–Crippen MR) is 142 cm³/mol. The molecule has 196 valence electrons. The fraction of sp³-hybridized carbons (Fsp3) is 0.0625. The van der Waals surface area contributed by atoms with Crippen molar-refractivity contribution in [1.82, 2.24) is 0 Å². The Labute approximate surface area is 231 Å². The van der Waals surface area contributed by atoms with Crippen molar-refractivity contribution in [3.05, 3.63) is 129 Å². The molecule has 5 rings (SSSR count). The lowest BCUT2D eigenvalue weighted by atomic mass is 9.91. The van der Waals surface area contributed by atoms with Gasteiger partial charge in [0.05, 0.1) is 36.4 Å². The highest BCUT2D eigenvalue weighted by Crippen LogP contribution is 2.51. The summed E-state index contributed by atoms with van der Waals surface area (Å²) < 4.78 is 69.0. The van der Waals surface area contributed by atoms with Crippen molar-refractivity contribution in [3.63, 3.8) is 0 Å². The number of nitriles is 2. The highest BCUT2D eigenvalue weighted by molar-refractivity contribution is 6.07. The van der Waals surface area contributed by atoms with Crippen molar-refractivity contribution >= 4 is 11.3 Å². The number of benzene rings is 4. The molecule has 1 aliphatic rings. The van der Waals surface area contributed by atoms with Crippen LogP contribution in [0.5, 0.6) is 0 Å². The highest BCUT2D eigenvalue weighted by Gasteiger charge is 2.33. The second-order valence-electron chi connectivity index (χ2n) is 9.27. The van der Waals surface area contributed by atoms with E-state index in [0.29, 0.717) is 39.4 Å². The highest BCUT2D eigenvalue weighted by atomic mass is 19.4. The Morgan fingerprint density at radius 1 is 0.732 bits per heavy atom. The maximum atomic E-state index is 14.3. The molecule has 0 aliphatic heterocycles. The summed E-state index contributed by atoms with van der Waals surface area (Å²) in [6, 6.07) is 15.8. The van der Waals surface area contributed by atoms with Gasteiger partial charge in [-0.2, -0.15) is 18.4 Å². The number of aryl methyl sites for hydroxylation is 1. The van der Waals surface area contributed by atoms with Crippen LogP contribution in [-0.4, -0.2) is 0 Å². The molecule has 1 aliphatic carbocycles. The van der Waals surface area contributed by atoms with Crippen LogP contribution in [0.1, 0.15) is 27.8 Å². The molecule has 0 radical (unpaired) electrons. The zero-order chi connectivity index (χ0) is 29.6. The number of hydrogen-bond donors (Lipinski definition) is 0. The van der Waals surface area contributed by atoms with Gasteiger partial charge in [-0.3, -0.25) is 0 Å². The first-order chi connectivity index (χ1) is 19.5. The smallest absolute Gasteiger partial charge is 0.237 e. The third kappa shape index (κ3) is 4.57. The van der Waals surface area contributed by atoms with E-state index in [-0.39, 0.29) is 39.2 Å². The maximum Gasteiger partial charge on any atom is 0.416 e. The van der Waals surface area contributed by atoms with Crippen LogP contribution in [0.15, 0.2) is 66.4 Å². The summed E-state index contributed by atoms with van der Waals surface area (Å²) in [5.41, 5.74) is 1.13. The Balaban J connectivity index is 1.88. The molecule has 0 unspecified atom stereocenters. The molecule has 4 aromatic carbocycles. The van der Waals surface area contributed by atoms with Crippen LogP contribution in [0.2, 0.25) is 0 Å². The first-order valence-electron chi connectivity index (χ1n) is 11.8. The van der Waals surface area contributed by atoms with E-state index >= 15 is 0 Å². The Kier molecular flexibility index (Phi) is 6.39. The monoisotopic (exact) mass is 548 g/mol. The summed E-state index contributed by atoms with van der Waals surface area (Å²) in [4.78, 5) is 6.89. The molecule has 4 nitrogen and oxygen atoms in total. The van der Waals surface area contributed by atoms with E-state index in [2.05, 4.69) is 9.69 Å². The SMILES string of the molecule is [C-]#[N+]/C(C#N)=C1/c2cc(C#N)c(-c3cc(F)cc(C(F)(F)F)c3)cc2-c2cc(-c3cc(C)cc(F)c3)c([N+]#[C-])cc21. The molecule has 0 heterocycles. The first-order valence-corrected chi connectivity index (χ1v) is 11.8. The Morgan fingerprint density at radius 2 is 1.34 bits per heavy atom. The van der Waals surface area contributed by atoms with Gasteiger partial charge in [0.25, 0.3) is 5.70 Å². The fourth-order valence-corrected chi connectivity index (χ4v) is 5.04. The Morgan fingerprint density at radius 3 is 1.90 bits per heavy atom. The number of nitrogens with zero attached hydrogens (tertiary/aromatic N) is 4. The summed E-state index contributed by atoms with van der Waals surface area (Å²) in [6.45, 7) is 17.0. The van der Waals surface area contributed by atoms with E-state index in [1.165, 1.54) is 30.3 Å². The fourth-order valence-electron chi connectivity index (χ4n) is 5.04. The van der Waals surface area contributed by atoms with Crippen LogP contribution in [0.4, 0.5) is 27.6 Å². The van der Waals surface area contributed by atoms with Crippen molar-refractivity contribution < 1.29 is 22.0 Å². The molecule has 0 spiro atoms. The van der Waals surface area contributed by atoms with Crippen LogP contribution < -0.4 is 0 Å². The molecule has 9 heteroatoms. The van der Waals surface area contributed by atoms with Crippen LogP contribution in [0.25, 0.3) is 48.6 Å². The number of hydrogen-bond acceptors (Lipinski definition) is 2. The zero-order valence-corrected chi connectivity index (χ0v) is 21.0. The van der Waals surface area contributed by atoms with Gasteiger partial charge in [0.1, 0.15) is 11.6 Å². The predicted octanol–water partition coefficient (Wildman–Crippen LogP) is 9.23. The molecule has 41 heavy (non-hydrogen) atoms. The topological polar surface area (TPSA) is 56.3 Å². The molecular weight excluding hydrogens is 535 g/mol. The average Bonchev–Trinajstić information content (AvgIpc) is 3.23. The van der Waals surface area contributed by atoms with Crippen molar-refractivity contribution in [2.75, 3.05) is 0 Å². The van der Waals surface area contributed by atoms with Gasteiger partial charge in [0.2, 0.25) is 0 Å². The summed E-state index contributed by atoms with van der Waals surface area (Å²) >= 11 is 0. The van der Waals surface area contributed by atoms with E-state index in [1.54, 1.807) is 19.1 Å². The molecule has 4 aromatic rings. The molecule has 0 saturated carbocycles. The van der Waals surface area contributed by atoms with E-state index in [1.807, 2.05) is 12.1 Å². The first kappa shape index (κ1) is 26.8. The van der Waals surface area contributed by atoms with Gasteiger partial charge < -0.3 is 0 Å². The molecule has 0 aromatic heterocycles. The maximum absolute atomic E-state index is 14.3. The van der Waals surface area contributed by atoms with E-state index in [4.69, 9.17) is 13.1 Å². The number of halogens is 5. The number of allylic oxidation sites excluding steroid dienone is 1. The van der Waals surface area contributed by atoms with Gasteiger partial charge in [-0.1, -0.05) is 12.1 Å². The molecule has 0 amide bonds. The molecule has 0 fully saturated rings. The molecule has 0 atom stereocenters. The van der Waals surface area contributed by atoms with Crippen molar-refractivity contribution in [1.29, 1.82) is 10.5 Å². The minimum atomic E-state index is -4.84. The average molecular weight is 548 g/mol. The number of alkyl halides is 3. The summed E-state index contributed by atoms with van der Waals surface area (Å²) in [5, 5.41) is 19.6. The van der Waals surface area contributed by atoms with Gasteiger partial charge >= 0.3 is 6.18 Å². The van der Waals surface area contributed by atoms with Crippen LogP contribution >= 0.6 is 0 Å². The molecule has 0 bridgehead atoms. The molecule has 0 N–H and O–H groups in total. The van der Waals surface area contributed by atoms with E-state index < -0.39 is 23.4 Å². The van der Waals surface area contributed by atoms with E-state index in [0.717, 1.165) is 12.1 Å². The standard InChI is InChI=1S/C32H13F5N4/c1-16-4-17(7-21(33)5-16)24-12-26-25-11-23(18-6-20(32(35,36)37)10-22(34)8-18)19(14-38)9-27(25)31(30(15-39)41-3)28(26)13-29(24)40-2/h4-13H,1H3/b31-30-. The Bertz CT molecular complexity index is 1970. The van der Waals surface area contributed by atoms with Gasteiger partial charge in [0.15, 0.2) is 5.69 Å². The third-order valence-electron chi connectivity index (χ3n) is 6.71. The van der Waals surface area contributed by atoms with E-state index in [9.17, 15) is 32.5 Å². The quantitative estimate of drug-likeness (QED) is 0.125. The minimum absolute atomic E-state index is 0.00201. The van der Waals surface area contributed by atoms with Crippen LogP contribution in [-0.2, 0) is 6.18 Å².